The fourth-order valence-electron chi connectivity index (χ4n) is 2.05. The number of rotatable bonds is 3. The molecule has 0 atom stereocenters. The molecule has 0 unspecified atom stereocenters. The standard InChI is InChI=1S/C14H14N4O3/c1-8-13(9(2)18(3)16-8)15-14(19)10-7-12(21-17-10)11-5-4-6-20-11/h4-7H,1-3H3,(H,15,19). The Morgan fingerprint density at radius 1 is 1.33 bits per heavy atom. The maximum atomic E-state index is 12.2. The lowest BCUT2D eigenvalue weighted by Gasteiger charge is -2.02. The molecule has 7 nitrogen and oxygen atoms in total. The van der Waals surface area contributed by atoms with Crippen LogP contribution in [0.15, 0.2) is 33.4 Å². The number of carbonyl (C=O) groups excluding carboxylic acids is 1. The molecule has 108 valence electrons. The number of hydrogen-bond acceptors (Lipinski definition) is 5. The van der Waals surface area contributed by atoms with Gasteiger partial charge in [0.25, 0.3) is 5.91 Å². The molecule has 0 aromatic carbocycles. The average molecular weight is 286 g/mol. The van der Waals surface area contributed by atoms with Gasteiger partial charge in [-0.05, 0) is 26.0 Å². The number of nitrogens with zero attached hydrogens (tertiary/aromatic N) is 3. The lowest BCUT2D eigenvalue weighted by Crippen LogP contribution is -2.13. The minimum Gasteiger partial charge on any atom is -0.461 e. The molecule has 0 fully saturated rings. The highest BCUT2D eigenvalue weighted by molar-refractivity contribution is 6.03. The predicted molar refractivity (Wildman–Crippen MR) is 74.8 cm³/mol. The molecular formula is C14H14N4O3. The third kappa shape index (κ3) is 2.33. The third-order valence-corrected chi connectivity index (χ3v) is 3.25. The highest BCUT2D eigenvalue weighted by Crippen LogP contribution is 2.22. The zero-order chi connectivity index (χ0) is 15.0. The lowest BCUT2D eigenvalue weighted by molar-refractivity contribution is 0.101. The van der Waals surface area contributed by atoms with Gasteiger partial charge in [-0.2, -0.15) is 5.10 Å². The van der Waals surface area contributed by atoms with Crippen LogP contribution in [0.4, 0.5) is 5.69 Å². The second-order valence-corrected chi connectivity index (χ2v) is 4.68. The van der Waals surface area contributed by atoms with E-state index in [1.807, 2.05) is 20.9 Å². The minimum absolute atomic E-state index is 0.184. The number of hydrogen-bond donors (Lipinski definition) is 1. The number of carbonyl (C=O) groups is 1. The number of amides is 1. The van der Waals surface area contributed by atoms with Crippen LogP contribution in [0.2, 0.25) is 0 Å². The van der Waals surface area contributed by atoms with E-state index in [9.17, 15) is 4.79 Å². The molecule has 3 aromatic heterocycles. The Morgan fingerprint density at radius 2 is 2.14 bits per heavy atom. The predicted octanol–water partition coefficient (Wildman–Crippen LogP) is 2.54. The molecule has 0 saturated carbocycles. The van der Waals surface area contributed by atoms with Crippen molar-refractivity contribution in [2.45, 2.75) is 13.8 Å². The molecule has 0 aliphatic rings. The molecule has 0 aliphatic carbocycles. The number of aromatic nitrogens is 3. The summed E-state index contributed by atoms with van der Waals surface area (Å²) < 4.78 is 12.0. The average Bonchev–Trinajstić information content (AvgIpc) is 3.15. The molecule has 3 heterocycles. The highest BCUT2D eigenvalue weighted by atomic mass is 16.5. The second kappa shape index (κ2) is 4.93. The molecule has 7 heteroatoms. The number of nitrogens with one attached hydrogen (secondary N) is 1. The highest BCUT2D eigenvalue weighted by Gasteiger charge is 2.18. The first-order valence-corrected chi connectivity index (χ1v) is 6.38. The van der Waals surface area contributed by atoms with Gasteiger partial charge in [-0.1, -0.05) is 5.16 Å². The Bertz CT molecular complexity index is 783. The van der Waals surface area contributed by atoms with Crippen LogP contribution >= 0.6 is 0 Å². The summed E-state index contributed by atoms with van der Waals surface area (Å²) in [6.45, 7) is 3.71. The summed E-state index contributed by atoms with van der Waals surface area (Å²) in [5, 5.41) is 10.8. The fraction of sp³-hybridized carbons (Fsp3) is 0.214. The summed E-state index contributed by atoms with van der Waals surface area (Å²) in [4.78, 5) is 12.2. The SMILES string of the molecule is Cc1nn(C)c(C)c1NC(=O)c1cc(-c2ccco2)on1. The van der Waals surface area contributed by atoms with Crippen LogP contribution < -0.4 is 5.32 Å². The molecule has 1 amide bonds. The molecule has 3 aromatic rings. The van der Waals surface area contributed by atoms with Crippen LogP contribution in [0.1, 0.15) is 21.9 Å². The zero-order valence-electron chi connectivity index (χ0n) is 11.9. The van der Waals surface area contributed by atoms with E-state index in [2.05, 4.69) is 15.6 Å². The Kier molecular flexibility index (Phi) is 3.09. The normalized spacial score (nSPS) is 10.8. The Labute approximate surface area is 120 Å². The summed E-state index contributed by atoms with van der Waals surface area (Å²) >= 11 is 0. The summed E-state index contributed by atoms with van der Waals surface area (Å²) in [5.74, 6) is 0.579. The molecule has 21 heavy (non-hydrogen) atoms. The molecule has 0 radical (unpaired) electrons. The van der Waals surface area contributed by atoms with Crippen LogP contribution in [0.5, 0.6) is 0 Å². The van der Waals surface area contributed by atoms with Crippen molar-refractivity contribution in [1.82, 2.24) is 14.9 Å². The Morgan fingerprint density at radius 3 is 2.76 bits per heavy atom. The van der Waals surface area contributed by atoms with Crippen molar-refractivity contribution in [3.8, 4) is 11.5 Å². The van der Waals surface area contributed by atoms with Gasteiger partial charge >= 0.3 is 0 Å². The van der Waals surface area contributed by atoms with Crippen LogP contribution in [-0.2, 0) is 7.05 Å². The molecule has 3 rings (SSSR count). The van der Waals surface area contributed by atoms with Crippen LogP contribution in [0.3, 0.4) is 0 Å². The van der Waals surface area contributed by atoms with Gasteiger partial charge in [0.15, 0.2) is 11.5 Å². The topological polar surface area (TPSA) is 86.1 Å². The molecule has 0 aliphatic heterocycles. The lowest BCUT2D eigenvalue weighted by atomic mass is 10.2. The maximum Gasteiger partial charge on any atom is 0.277 e. The number of anilines is 1. The molecular weight excluding hydrogens is 272 g/mol. The first kappa shape index (κ1) is 13.2. The summed E-state index contributed by atoms with van der Waals surface area (Å²) in [7, 11) is 1.82. The van der Waals surface area contributed by atoms with Gasteiger partial charge < -0.3 is 14.3 Å². The van der Waals surface area contributed by atoms with Crippen LogP contribution in [0, 0.1) is 13.8 Å². The van der Waals surface area contributed by atoms with Crippen LogP contribution in [-0.4, -0.2) is 20.8 Å². The zero-order valence-corrected chi connectivity index (χ0v) is 11.9. The smallest absolute Gasteiger partial charge is 0.277 e. The minimum atomic E-state index is -0.351. The van der Waals surface area contributed by atoms with E-state index in [0.29, 0.717) is 17.2 Å². The largest absolute Gasteiger partial charge is 0.461 e. The van der Waals surface area contributed by atoms with Crippen molar-refractivity contribution < 1.29 is 13.7 Å². The first-order valence-electron chi connectivity index (χ1n) is 6.38. The van der Waals surface area contributed by atoms with E-state index >= 15 is 0 Å². The number of furan rings is 1. The van der Waals surface area contributed by atoms with E-state index in [1.54, 1.807) is 16.8 Å². The molecule has 0 saturated heterocycles. The second-order valence-electron chi connectivity index (χ2n) is 4.68. The maximum absolute atomic E-state index is 12.2. The van der Waals surface area contributed by atoms with E-state index < -0.39 is 0 Å². The Hall–Kier alpha value is -2.83. The van der Waals surface area contributed by atoms with E-state index in [4.69, 9.17) is 8.94 Å². The molecule has 0 spiro atoms. The van der Waals surface area contributed by atoms with Crippen molar-refractivity contribution in [3.05, 3.63) is 41.5 Å². The van der Waals surface area contributed by atoms with Crippen molar-refractivity contribution in [2.24, 2.45) is 7.05 Å². The van der Waals surface area contributed by atoms with Crippen LogP contribution in [0.25, 0.3) is 11.5 Å². The fourth-order valence-corrected chi connectivity index (χ4v) is 2.05. The van der Waals surface area contributed by atoms with E-state index in [1.165, 1.54) is 12.3 Å². The molecule has 0 bridgehead atoms. The third-order valence-electron chi connectivity index (χ3n) is 3.25. The number of aryl methyl sites for hydroxylation is 2. The van der Waals surface area contributed by atoms with Gasteiger partial charge in [-0.3, -0.25) is 9.48 Å². The quantitative estimate of drug-likeness (QED) is 0.799. The van der Waals surface area contributed by atoms with Crippen molar-refractivity contribution >= 4 is 11.6 Å². The van der Waals surface area contributed by atoms with Gasteiger partial charge in [0.05, 0.1) is 23.3 Å². The van der Waals surface area contributed by atoms with Crippen molar-refractivity contribution in [1.29, 1.82) is 0 Å². The first-order chi connectivity index (χ1) is 10.1. The summed E-state index contributed by atoms with van der Waals surface area (Å²) in [6.07, 6.45) is 1.53. The van der Waals surface area contributed by atoms with Gasteiger partial charge in [-0.15, -0.1) is 0 Å². The van der Waals surface area contributed by atoms with Gasteiger partial charge in [0.1, 0.15) is 0 Å². The van der Waals surface area contributed by atoms with E-state index in [-0.39, 0.29) is 11.6 Å². The monoisotopic (exact) mass is 286 g/mol. The molecule has 1 N–H and O–H groups in total. The van der Waals surface area contributed by atoms with Gasteiger partial charge in [0, 0.05) is 13.1 Å². The Balaban J connectivity index is 1.83. The summed E-state index contributed by atoms with van der Waals surface area (Å²) in [5.41, 5.74) is 2.49. The van der Waals surface area contributed by atoms with E-state index in [0.717, 1.165) is 11.4 Å². The van der Waals surface area contributed by atoms with Crippen molar-refractivity contribution in [2.75, 3.05) is 5.32 Å². The van der Waals surface area contributed by atoms with Gasteiger partial charge in [0.2, 0.25) is 5.76 Å². The van der Waals surface area contributed by atoms with Crippen molar-refractivity contribution in [3.63, 3.8) is 0 Å². The van der Waals surface area contributed by atoms with Gasteiger partial charge in [-0.25, -0.2) is 0 Å². The summed E-state index contributed by atoms with van der Waals surface area (Å²) in [6, 6.07) is 5.01.